The van der Waals surface area contributed by atoms with Crippen LogP contribution < -0.4 is 10.6 Å². The first kappa shape index (κ1) is 13.8. The Morgan fingerprint density at radius 1 is 1.06 bits per heavy atom. The van der Waals surface area contributed by atoms with Crippen LogP contribution >= 0.6 is 0 Å². The number of piperidine rings is 1. The van der Waals surface area contributed by atoms with E-state index in [9.17, 15) is 9.90 Å². The summed E-state index contributed by atoms with van der Waals surface area (Å²) in [6, 6.07) is 0. The van der Waals surface area contributed by atoms with E-state index < -0.39 is 0 Å². The number of carbonyl (C=O) groups excluding carboxylic acids is 1. The molecular formula is C14H26N2O2. The van der Waals surface area contributed by atoms with E-state index in [1.807, 2.05) is 0 Å². The number of hydrogen-bond donors (Lipinski definition) is 3. The molecule has 1 aliphatic heterocycles. The van der Waals surface area contributed by atoms with Crippen molar-refractivity contribution in [1.29, 1.82) is 0 Å². The van der Waals surface area contributed by atoms with E-state index in [0.717, 1.165) is 58.2 Å². The van der Waals surface area contributed by atoms with Crippen molar-refractivity contribution in [2.75, 3.05) is 19.6 Å². The predicted octanol–water partition coefficient (Wildman–Crippen LogP) is 1.04. The van der Waals surface area contributed by atoms with Gasteiger partial charge < -0.3 is 15.7 Å². The molecule has 104 valence electrons. The number of rotatable bonds is 4. The Kier molecular flexibility index (Phi) is 5.45. The van der Waals surface area contributed by atoms with Gasteiger partial charge in [0.15, 0.2) is 0 Å². The highest BCUT2D eigenvalue weighted by molar-refractivity contribution is 5.76. The van der Waals surface area contributed by atoms with Gasteiger partial charge in [-0.15, -0.1) is 0 Å². The monoisotopic (exact) mass is 254 g/mol. The third-order valence-corrected chi connectivity index (χ3v) is 4.34. The topological polar surface area (TPSA) is 61.4 Å². The second-order valence-corrected chi connectivity index (χ2v) is 5.88. The molecule has 2 fully saturated rings. The van der Waals surface area contributed by atoms with E-state index in [0.29, 0.717) is 18.3 Å². The molecule has 1 heterocycles. The van der Waals surface area contributed by atoms with Gasteiger partial charge >= 0.3 is 0 Å². The first-order chi connectivity index (χ1) is 8.74. The summed E-state index contributed by atoms with van der Waals surface area (Å²) in [6.07, 6.45) is 6.74. The van der Waals surface area contributed by atoms with Crippen LogP contribution in [0, 0.1) is 11.8 Å². The molecule has 0 unspecified atom stereocenters. The van der Waals surface area contributed by atoms with Gasteiger partial charge in [0.25, 0.3) is 0 Å². The van der Waals surface area contributed by atoms with Crippen LogP contribution in [0.1, 0.15) is 44.9 Å². The number of amides is 1. The van der Waals surface area contributed by atoms with E-state index in [1.165, 1.54) is 0 Å². The van der Waals surface area contributed by atoms with Crippen molar-refractivity contribution in [1.82, 2.24) is 10.6 Å². The van der Waals surface area contributed by atoms with Gasteiger partial charge in [0.1, 0.15) is 0 Å². The van der Waals surface area contributed by atoms with E-state index in [4.69, 9.17) is 0 Å². The summed E-state index contributed by atoms with van der Waals surface area (Å²) in [5.74, 6) is 1.36. The fraction of sp³-hybridized carbons (Fsp3) is 0.929. The lowest BCUT2D eigenvalue weighted by molar-refractivity contribution is -0.122. The summed E-state index contributed by atoms with van der Waals surface area (Å²) in [5, 5.41) is 15.8. The maximum atomic E-state index is 11.8. The molecule has 0 atom stereocenters. The van der Waals surface area contributed by atoms with Crippen LogP contribution in [0.5, 0.6) is 0 Å². The fourth-order valence-corrected chi connectivity index (χ4v) is 3.03. The third kappa shape index (κ3) is 4.58. The molecule has 0 radical (unpaired) electrons. The lowest BCUT2D eigenvalue weighted by atomic mass is 9.87. The SMILES string of the molecule is O=C(CC1CCNCC1)NCC1CCC(O)CC1. The lowest BCUT2D eigenvalue weighted by Crippen LogP contribution is -2.35. The summed E-state index contributed by atoms with van der Waals surface area (Å²) in [6.45, 7) is 2.91. The maximum Gasteiger partial charge on any atom is 0.220 e. The Morgan fingerprint density at radius 2 is 1.72 bits per heavy atom. The van der Waals surface area contributed by atoms with Gasteiger partial charge in [0.2, 0.25) is 5.91 Å². The molecule has 0 aromatic carbocycles. The highest BCUT2D eigenvalue weighted by atomic mass is 16.3. The van der Waals surface area contributed by atoms with Crippen molar-refractivity contribution in [3.63, 3.8) is 0 Å². The summed E-state index contributed by atoms with van der Waals surface area (Å²) in [4.78, 5) is 11.8. The summed E-state index contributed by atoms with van der Waals surface area (Å²) < 4.78 is 0. The molecule has 1 saturated heterocycles. The van der Waals surface area contributed by atoms with Crippen LogP contribution in [0.3, 0.4) is 0 Å². The summed E-state index contributed by atoms with van der Waals surface area (Å²) >= 11 is 0. The Morgan fingerprint density at radius 3 is 2.39 bits per heavy atom. The molecule has 1 saturated carbocycles. The lowest BCUT2D eigenvalue weighted by Gasteiger charge is -2.26. The molecule has 1 aliphatic carbocycles. The van der Waals surface area contributed by atoms with Crippen LogP contribution in [-0.4, -0.2) is 36.8 Å². The predicted molar refractivity (Wildman–Crippen MR) is 71.2 cm³/mol. The molecule has 0 aromatic heterocycles. The molecule has 0 spiro atoms. The van der Waals surface area contributed by atoms with Crippen LogP contribution in [0.15, 0.2) is 0 Å². The van der Waals surface area contributed by atoms with Crippen molar-refractivity contribution >= 4 is 5.91 Å². The minimum Gasteiger partial charge on any atom is -0.393 e. The van der Waals surface area contributed by atoms with E-state index in [-0.39, 0.29) is 12.0 Å². The van der Waals surface area contributed by atoms with Crippen LogP contribution in [0.25, 0.3) is 0 Å². The number of aliphatic hydroxyl groups is 1. The molecule has 2 rings (SSSR count). The number of hydrogen-bond acceptors (Lipinski definition) is 3. The highest BCUT2D eigenvalue weighted by Crippen LogP contribution is 2.23. The molecule has 0 bridgehead atoms. The summed E-state index contributed by atoms with van der Waals surface area (Å²) in [7, 11) is 0. The Bertz CT molecular complexity index is 257. The highest BCUT2D eigenvalue weighted by Gasteiger charge is 2.21. The second kappa shape index (κ2) is 7.10. The Labute approximate surface area is 110 Å². The van der Waals surface area contributed by atoms with Crippen molar-refractivity contribution in [2.45, 2.75) is 51.0 Å². The Hall–Kier alpha value is -0.610. The third-order valence-electron chi connectivity index (χ3n) is 4.34. The molecule has 0 aromatic rings. The van der Waals surface area contributed by atoms with Gasteiger partial charge in [-0.3, -0.25) is 4.79 Å². The standard InChI is InChI=1S/C14H26N2O2/c17-13-3-1-12(2-4-13)10-16-14(18)9-11-5-7-15-8-6-11/h11-13,15,17H,1-10H2,(H,16,18). The average Bonchev–Trinajstić information content (AvgIpc) is 2.39. The zero-order valence-electron chi connectivity index (χ0n) is 11.2. The second-order valence-electron chi connectivity index (χ2n) is 5.88. The van der Waals surface area contributed by atoms with E-state index >= 15 is 0 Å². The summed E-state index contributed by atoms with van der Waals surface area (Å²) in [5.41, 5.74) is 0. The van der Waals surface area contributed by atoms with Crippen molar-refractivity contribution in [3.8, 4) is 0 Å². The zero-order chi connectivity index (χ0) is 12.8. The normalized spacial score (nSPS) is 30.1. The molecule has 4 heteroatoms. The van der Waals surface area contributed by atoms with Crippen LogP contribution in [0.2, 0.25) is 0 Å². The van der Waals surface area contributed by atoms with Crippen molar-refractivity contribution in [2.24, 2.45) is 11.8 Å². The number of carbonyl (C=O) groups is 1. The molecular weight excluding hydrogens is 228 g/mol. The van der Waals surface area contributed by atoms with Gasteiger partial charge in [-0.1, -0.05) is 0 Å². The van der Waals surface area contributed by atoms with E-state index in [2.05, 4.69) is 10.6 Å². The maximum absolute atomic E-state index is 11.8. The quantitative estimate of drug-likeness (QED) is 0.702. The van der Waals surface area contributed by atoms with Crippen molar-refractivity contribution < 1.29 is 9.90 Å². The Balaban J connectivity index is 1.59. The average molecular weight is 254 g/mol. The minimum absolute atomic E-state index is 0.105. The van der Waals surface area contributed by atoms with Gasteiger partial charge in [0.05, 0.1) is 6.10 Å². The van der Waals surface area contributed by atoms with Crippen molar-refractivity contribution in [3.05, 3.63) is 0 Å². The van der Waals surface area contributed by atoms with Gasteiger partial charge in [0, 0.05) is 13.0 Å². The molecule has 2 aliphatic rings. The van der Waals surface area contributed by atoms with Gasteiger partial charge in [-0.2, -0.15) is 0 Å². The van der Waals surface area contributed by atoms with Crippen LogP contribution in [-0.2, 0) is 4.79 Å². The minimum atomic E-state index is -0.105. The fourth-order valence-electron chi connectivity index (χ4n) is 3.03. The number of nitrogens with one attached hydrogen (secondary N) is 2. The largest absolute Gasteiger partial charge is 0.393 e. The smallest absolute Gasteiger partial charge is 0.220 e. The first-order valence-corrected chi connectivity index (χ1v) is 7.39. The molecule has 1 amide bonds. The molecule has 18 heavy (non-hydrogen) atoms. The van der Waals surface area contributed by atoms with Gasteiger partial charge in [-0.05, 0) is 63.5 Å². The first-order valence-electron chi connectivity index (χ1n) is 7.39. The zero-order valence-corrected chi connectivity index (χ0v) is 11.2. The van der Waals surface area contributed by atoms with Gasteiger partial charge in [-0.25, -0.2) is 0 Å². The number of aliphatic hydroxyl groups excluding tert-OH is 1. The van der Waals surface area contributed by atoms with Crippen LogP contribution in [0.4, 0.5) is 0 Å². The molecule has 3 N–H and O–H groups in total. The molecule has 4 nitrogen and oxygen atoms in total. The van der Waals surface area contributed by atoms with E-state index in [1.54, 1.807) is 0 Å².